The molecule has 1 heterocycles. The van der Waals surface area contributed by atoms with Crippen molar-refractivity contribution < 1.29 is 0 Å². The molecule has 138 valence electrons. The van der Waals surface area contributed by atoms with Gasteiger partial charge in [0.05, 0.1) is 11.9 Å². The van der Waals surface area contributed by atoms with E-state index in [1.54, 1.807) is 6.21 Å². The largest absolute Gasteiger partial charge is 0.342 e. The number of aryl methyl sites for hydroxylation is 2. The van der Waals surface area contributed by atoms with E-state index in [9.17, 15) is 0 Å². The van der Waals surface area contributed by atoms with Crippen LogP contribution in [0.2, 0.25) is 5.02 Å². The van der Waals surface area contributed by atoms with E-state index in [2.05, 4.69) is 33.4 Å². The molecule has 0 atom stereocenters. The van der Waals surface area contributed by atoms with Gasteiger partial charge in [-0.25, -0.2) is 0 Å². The number of rotatable bonds is 5. The third-order valence-electron chi connectivity index (χ3n) is 4.10. The minimum atomic E-state index is 0.450. The average molecular weight is 397 g/mol. The highest BCUT2D eigenvalue weighted by Gasteiger charge is 2.02. The van der Waals surface area contributed by atoms with Crippen LogP contribution in [-0.2, 0) is 6.54 Å². The van der Waals surface area contributed by atoms with Crippen LogP contribution >= 0.6 is 23.8 Å². The van der Waals surface area contributed by atoms with E-state index in [0.29, 0.717) is 5.11 Å². The van der Waals surface area contributed by atoms with E-state index in [1.807, 2.05) is 61.7 Å². The molecule has 27 heavy (non-hydrogen) atoms. The van der Waals surface area contributed by atoms with E-state index in [4.69, 9.17) is 23.8 Å². The number of nitrogens with one attached hydrogen (secondary N) is 2. The lowest BCUT2D eigenvalue weighted by atomic mass is 10.1. The van der Waals surface area contributed by atoms with Gasteiger partial charge in [0, 0.05) is 23.5 Å². The van der Waals surface area contributed by atoms with Crippen molar-refractivity contribution in [3.05, 3.63) is 88.2 Å². The zero-order chi connectivity index (χ0) is 19.2. The SMILES string of the molecule is Cc1ccc(NC(=S)NN=Cc2cccn2Cc2cccc(Cl)c2)c(C)c1. The number of hydrogen-bond acceptors (Lipinski definition) is 2. The maximum absolute atomic E-state index is 6.06. The second-order valence-electron chi connectivity index (χ2n) is 6.33. The van der Waals surface area contributed by atoms with E-state index in [-0.39, 0.29) is 0 Å². The number of hydrazone groups is 1. The molecule has 0 saturated carbocycles. The predicted molar refractivity (Wildman–Crippen MR) is 118 cm³/mol. The Morgan fingerprint density at radius 1 is 1.15 bits per heavy atom. The standard InChI is InChI=1S/C21H21ClN4S/c1-15-8-9-20(16(2)11-15)24-21(27)25-23-13-19-7-4-10-26(19)14-17-5-3-6-18(22)12-17/h3-13H,14H2,1-2H3,(H2,24,25,27). The fourth-order valence-corrected chi connectivity index (χ4v) is 3.16. The normalized spacial score (nSPS) is 10.9. The van der Waals surface area contributed by atoms with Crippen molar-refractivity contribution in [1.82, 2.24) is 9.99 Å². The lowest BCUT2D eigenvalue weighted by Gasteiger charge is -2.10. The van der Waals surface area contributed by atoms with Crippen LogP contribution < -0.4 is 10.7 Å². The molecule has 0 bridgehead atoms. The van der Waals surface area contributed by atoms with Crippen LogP contribution in [-0.4, -0.2) is 15.9 Å². The highest BCUT2D eigenvalue weighted by molar-refractivity contribution is 7.80. The highest BCUT2D eigenvalue weighted by Crippen LogP contribution is 2.16. The molecule has 0 saturated heterocycles. The molecule has 6 heteroatoms. The molecule has 3 aromatic rings. The van der Waals surface area contributed by atoms with Gasteiger partial charge in [0.1, 0.15) is 0 Å². The van der Waals surface area contributed by atoms with Gasteiger partial charge in [-0.2, -0.15) is 5.10 Å². The Morgan fingerprint density at radius 3 is 2.78 bits per heavy atom. The molecule has 0 aliphatic rings. The molecule has 3 rings (SSSR count). The van der Waals surface area contributed by atoms with Crippen molar-refractivity contribution in [2.24, 2.45) is 5.10 Å². The summed E-state index contributed by atoms with van der Waals surface area (Å²) < 4.78 is 2.09. The highest BCUT2D eigenvalue weighted by atomic mass is 35.5. The number of hydrogen-bond donors (Lipinski definition) is 2. The minimum Gasteiger partial charge on any atom is -0.342 e. The van der Waals surface area contributed by atoms with Crippen molar-refractivity contribution in [3.8, 4) is 0 Å². The van der Waals surface area contributed by atoms with Crippen LogP contribution in [0.15, 0.2) is 65.9 Å². The first-order valence-corrected chi connectivity index (χ1v) is 9.37. The molecule has 0 amide bonds. The third-order valence-corrected chi connectivity index (χ3v) is 4.53. The van der Waals surface area contributed by atoms with Crippen molar-refractivity contribution in [2.75, 3.05) is 5.32 Å². The molecule has 0 radical (unpaired) electrons. The van der Waals surface area contributed by atoms with Gasteiger partial charge in [0.2, 0.25) is 0 Å². The lowest BCUT2D eigenvalue weighted by Crippen LogP contribution is -2.24. The van der Waals surface area contributed by atoms with E-state index < -0.39 is 0 Å². The molecular weight excluding hydrogens is 376 g/mol. The number of aromatic nitrogens is 1. The first-order valence-electron chi connectivity index (χ1n) is 8.58. The first-order chi connectivity index (χ1) is 13.0. The summed E-state index contributed by atoms with van der Waals surface area (Å²) in [5.41, 5.74) is 8.29. The molecule has 0 spiro atoms. The third kappa shape index (κ3) is 5.42. The maximum Gasteiger partial charge on any atom is 0.191 e. The van der Waals surface area contributed by atoms with Crippen LogP contribution in [0.5, 0.6) is 0 Å². The van der Waals surface area contributed by atoms with Gasteiger partial charge in [-0.05, 0) is 67.5 Å². The summed E-state index contributed by atoms with van der Waals surface area (Å²) in [6.07, 6.45) is 3.76. The summed E-state index contributed by atoms with van der Waals surface area (Å²) in [7, 11) is 0. The Bertz CT molecular complexity index is 978. The molecule has 0 aliphatic heterocycles. The fraction of sp³-hybridized carbons (Fsp3) is 0.143. The summed E-state index contributed by atoms with van der Waals surface area (Å²) in [4.78, 5) is 0. The topological polar surface area (TPSA) is 41.4 Å². The van der Waals surface area contributed by atoms with Crippen LogP contribution in [0, 0.1) is 13.8 Å². The van der Waals surface area contributed by atoms with E-state index in [1.165, 1.54) is 5.56 Å². The summed E-state index contributed by atoms with van der Waals surface area (Å²) in [5, 5.41) is 8.60. The van der Waals surface area contributed by atoms with Gasteiger partial charge in [-0.1, -0.05) is 41.4 Å². The average Bonchev–Trinajstić information content (AvgIpc) is 3.04. The van der Waals surface area contributed by atoms with Crippen molar-refractivity contribution in [3.63, 3.8) is 0 Å². The van der Waals surface area contributed by atoms with E-state index >= 15 is 0 Å². The van der Waals surface area contributed by atoms with Crippen molar-refractivity contribution in [2.45, 2.75) is 20.4 Å². The minimum absolute atomic E-state index is 0.450. The van der Waals surface area contributed by atoms with Gasteiger partial charge < -0.3 is 9.88 Å². The van der Waals surface area contributed by atoms with Crippen LogP contribution in [0.25, 0.3) is 0 Å². The molecule has 0 aliphatic carbocycles. The Labute approximate surface area is 169 Å². The number of benzene rings is 2. The van der Waals surface area contributed by atoms with Crippen LogP contribution in [0.4, 0.5) is 5.69 Å². The second-order valence-corrected chi connectivity index (χ2v) is 7.18. The van der Waals surface area contributed by atoms with E-state index in [0.717, 1.165) is 34.1 Å². The molecule has 1 aromatic heterocycles. The summed E-state index contributed by atoms with van der Waals surface area (Å²) >= 11 is 11.4. The molecule has 2 aromatic carbocycles. The monoisotopic (exact) mass is 396 g/mol. The van der Waals surface area contributed by atoms with Crippen molar-refractivity contribution >= 4 is 40.8 Å². The van der Waals surface area contributed by atoms with Crippen LogP contribution in [0.3, 0.4) is 0 Å². The van der Waals surface area contributed by atoms with Crippen molar-refractivity contribution in [1.29, 1.82) is 0 Å². The number of anilines is 1. The smallest absolute Gasteiger partial charge is 0.191 e. The zero-order valence-electron chi connectivity index (χ0n) is 15.2. The number of halogens is 1. The van der Waals surface area contributed by atoms with Gasteiger partial charge >= 0.3 is 0 Å². The fourth-order valence-electron chi connectivity index (χ4n) is 2.78. The number of thiocarbonyl (C=S) groups is 1. The molecule has 0 unspecified atom stereocenters. The molecular formula is C21H21ClN4S. The lowest BCUT2D eigenvalue weighted by molar-refractivity contribution is 0.799. The molecule has 4 nitrogen and oxygen atoms in total. The summed E-state index contributed by atoms with van der Waals surface area (Å²) in [6, 6.07) is 18.0. The Kier molecular flexibility index (Phi) is 6.27. The van der Waals surface area contributed by atoms with Gasteiger partial charge in [-0.15, -0.1) is 0 Å². The predicted octanol–water partition coefficient (Wildman–Crippen LogP) is 5.13. The Balaban J connectivity index is 1.60. The molecule has 0 fully saturated rings. The second kappa shape index (κ2) is 8.84. The van der Waals surface area contributed by atoms with Gasteiger partial charge in [0.25, 0.3) is 0 Å². The zero-order valence-corrected chi connectivity index (χ0v) is 16.8. The summed E-state index contributed by atoms with van der Waals surface area (Å²) in [6.45, 7) is 4.83. The van der Waals surface area contributed by atoms with Gasteiger partial charge in [0.15, 0.2) is 5.11 Å². The van der Waals surface area contributed by atoms with Gasteiger partial charge in [-0.3, -0.25) is 5.43 Å². The van der Waals surface area contributed by atoms with Crippen LogP contribution in [0.1, 0.15) is 22.4 Å². The maximum atomic E-state index is 6.06. The summed E-state index contributed by atoms with van der Waals surface area (Å²) in [5.74, 6) is 0. The molecule has 2 N–H and O–H groups in total. The Morgan fingerprint density at radius 2 is 2.00 bits per heavy atom. The first kappa shape index (κ1) is 19.1. The quantitative estimate of drug-likeness (QED) is 0.357. The number of nitrogens with zero attached hydrogens (tertiary/aromatic N) is 2. The Hall–Kier alpha value is -2.63.